The third kappa shape index (κ3) is 4.29. The van der Waals surface area contributed by atoms with Crippen LogP contribution in [0.15, 0.2) is 18.2 Å². The fourth-order valence-corrected chi connectivity index (χ4v) is 1.31. The van der Waals surface area contributed by atoms with Gasteiger partial charge >= 0.3 is 0 Å². The van der Waals surface area contributed by atoms with E-state index in [0.717, 1.165) is 0 Å². The molecule has 0 aliphatic carbocycles. The van der Waals surface area contributed by atoms with Crippen molar-refractivity contribution >= 4 is 17.4 Å². The number of hydrogen-bond acceptors (Lipinski definition) is 2. The number of carbonyl (C=O) groups is 1. The number of halogens is 2. The monoisotopic (exact) mass is 244 g/mol. The minimum absolute atomic E-state index is 0.0194. The Kier molecular flexibility index (Phi) is 4.90. The molecule has 88 valence electrons. The first kappa shape index (κ1) is 13.1. The molecule has 2 nitrogen and oxygen atoms in total. The van der Waals surface area contributed by atoms with Crippen molar-refractivity contribution in [2.24, 2.45) is 0 Å². The first-order valence-corrected chi connectivity index (χ1v) is 5.44. The summed E-state index contributed by atoms with van der Waals surface area (Å²) in [5.41, 5.74) is 0.610. The van der Waals surface area contributed by atoms with Gasteiger partial charge in [0.1, 0.15) is 12.4 Å². The summed E-state index contributed by atoms with van der Waals surface area (Å²) in [7, 11) is 0. The number of ether oxygens (including phenoxy) is 1. The van der Waals surface area contributed by atoms with Gasteiger partial charge in [-0.3, -0.25) is 4.79 Å². The molecule has 1 rings (SSSR count). The van der Waals surface area contributed by atoms with Crippen molar-refractivity contribution < 1.29 is 13.9 Å². The number of carbonyl (C=O) groups excluding carboxylic acids is 1. The standard InChI is InChI=1S/C12H14ClFO2/c1-8(2)16-7-10(15)5-9-3-4-11(13)12(14)6-9/h3-4,6,8H,5,7H2,1-2H3. The lowest BCUT2D eigenvalue weighted by molar-refractivity contribution is -0.124. The van der Waals surface area contributed by atoms with Gasteiger partial charge in [-0.05, 0) is 31.5 Å². The SMILES string of the molecule is CC(C)OCC(=O)Cc1ccc(Cl)c(F)c1. The van der Waals surface area contributed by atoms with E-state index in [9.17, 15) is 9.18 Å². The molecule has 0 radical (unpaired) electrons. The van der Waals surface area contributed by atoms with Crippen LogP contribution in [-0.2, 0) is 16.0 Å². The van der Waals surface area contributed by atoms with Gasteiger partial charge in [0, 0.05) is 6.42 Å². The highest BCUT2D eigenvalue weighted by molar-refractivity contribution is 6.30. The Hall–Kier alpha value is -0.930. The van der Waals surface area contributed by atoms with Crippen molar-refractivity contribution in [1.29, 1.82) is 0 Å². The van der Waals surface area contributed by atoms with Crippen molar-refractivity contribution in [3.05, 3.63) is 34.6 Å². The molecule has 0 bridgehead atoms. The van der Waals surface area contributed by atoms with Crippen LogP contribution >= 0.6 is 11.6 Å². The van der Waals surface area contributed by atoms with Crippen LogP contribution in [0.4, 0.5) is 4.39 Å². The van der Waals surface area contributed by atoms with Gasteiger partial charge in [-0.25, -0.2) is 4.39 Å². The summed E-state index contributed by atoms with van der Waals surface area (Å²) in [5.74, 6) is -0.577. The van der Waals surface area contributed by atoms with Gasteiger partial charge in [0.05, 0.1) is 11.1 Å². The van der Waals surface area contributed by atoms with Crippen molar-refractivity contribution in [2.45, 2.75) is 26.4 Å². The van der Waals surface area contributed by atoms with Crippen LogP contribution in [0.1, 0.15) is 19.4 Å². The highest BCUT2D eigenvalue weighted by Gasteiger charge is 2.07. The first-order chi connectivity index (χ1) is 7.49. The summed E-state index contributed by atoms with van der Waals surface area (Å²) in [6, 6.07) is 4.36. The van der Waals surface area contributed by atoms with Crippen LogP contribution in [0.3, 0.4) is 0 Å². The summed E-state index contributed by atoms with van der Waals surface area (Å²) in [6.45, 7) is 3.77. The smallest absolute Gasteiger partial charge is 0.162 e. The largest absolute Gasteiger partial charge is 0.371 e. The van der Waals surface area contributed by atoms with Crippen LogP contribution in [-0.4, -0.2) is 18.5 Å². The average molecular weight is 245 g/mol. The fourth-order valence-electron chi connectivity index (χ4n) is 1.19. The number of benzene rings is 1. The minimum atomic E-state index is -0.503. The van der Waals surface area contributed by atoms with Crippen molar-refractivity contribution in [1.82, 2.24) is 0 Å². The molecule has 1 aromatic rings. The van der Waals surface area contributed by atoms with Gasteiger partial charge < -0.3 is 4.74 Å². The Morgan fingerprint density at radius 2 is 2.19 bits per heavy atom. The topological polar surface area (TPSA) is 26.3 Å². The normalized spacial score (nSPS) is 10.8. The van der Waals surface area contributed by atoms with E-state index in [1.165, 1.54) is 12.1 Å². The Bertz CT molecular complexity index is 377. The molecular weight excluding hydrogens is 231 g/mol. The molecule has 1 aromatic carbocycles. The summed E-state index contributed by atoms with van der Waals surface area (Å²) < 4.78 is 18.2. The van der Waals surface area contributed by atoms with E-state index in [1.807, 2.05) is 13.8 Å². The summed E-state index contributed by atoms with van der Waals surface area (Å²) in [5, 5.41) is 0.0645. The Morgan fingerprint density at radius 3 is 2.75 bits per heavy atom. The molecule has 0 saturated carbocycles. The summed E-state index contributed by atoms with van der Waals surface area (Å²) >= 11 is 5.54. The molecule has 0 spiro atoms. The predicted octanol–water partition coefficient (Wildman–Crippen LogP) is 3.02. The van der Waals surface area contributed by atoms with Crippen molar-refractivity contribution in [2.75, 3.05) is 6.61 Å². The first-order valence-electron chi connectivity index (χ1n) is 5.06. The number of hydrogen-bond donors (Lipinski definition) is 0. The number of Topliss-reactive ketones (excluding diaryl/α,β-unsaturated/α-hetero) is 1. The lowest BCUT2D eigenvalue weighted by Crippen LogP contribution is -2.15. The molecular formula is C12H14ClFO2. The quantitative estimate of drug-likeness (QED) is 0.796. The van der Waals surface area contributed by atoms with E-state index in [4.69, 9.17) is 16.3 Å². The van der Waals surface area contributed by atoms with Gasteiger partial charge in [0.25, 0.3) is 0 Å². The lowest BCUT2D eigenvalue weighted by atomic mass is 10.1. The molecule has 0 saturated heterocycles. The number of rotatable bonds is 5. The van der Waals surface area contributed by atoms with Gasteiger partial charge in [-0.2, -0.15) is 0 Å². The molecule has 0 aromatic heterocycles. The molecule has 0 heterocycles. The third-order valence-electron chi connectivity index (χ3n) is 1.96. The maximum absolute atomic E-state index is 13.1. The van der Waals surface area contributed by atoms with Gasteiger partial charge in [-0.1, -0.05) is 17.7 Å². The Labute approximate surface area is 99.4 Å². The maximum Gasteiger partial charge on any atom is 0.162 e. The van der Waals surface area contributed by atoms with Crippen LogP contribution in [0.25, 0.3) is 0 Å². The second-order valence-corrected chi connectivity index (χ2v) is 4.23. The summed E-state index contributed by atoms with van der Waals surface area (Å²) in [6.07, 6.45) is 0.187. The minimum Gasteiger partial charge on any atom is -0.371 e. The summed E-state index contributed by atoms with van der Waals surface area (Å²) in [4.78, 5) is 11.4. The van der Waals surface area contributed by atoms with Crippen LogP contribution in [0.2, 0.25) is 5.02 Å². The van der Waals surface area contributed by atoms with Gasteiger partial charge in [0.2, 0.25) is 0 Å². The average Bonchev–Trinajstić information content (AvgIpc) is 2.21. The molecule has 0 N–H and O–H groups in total. The molecule has 0 aliphatic heterocycles. The van der Waals surface area contributed by atoms with E-state index in [2.05, 4.69) is 0 Å². The highest BCUT2D eigenvalue weighted by atomic mass is 35.5. The van der Waals surface area contributed by atoms with E-state index in [-0.39, 0.29) is 29.9 Å². The third-order valence-corrected chi connectivity index (χ3v) is 2.27. The molecule has 0 fully saturated rings. The molecule has 16 heavy (non-hydrogen) atoms. The van der Waals surface area contributed by atoms with Crippen molar-refractivity contribution in [3.63, 3.8) is 0 Å². The highest BCUT2D eigenvalue weighted by Crippen LogP contribution is 2.16. The van der Waals surface area contributed by atoms with Gasteiger partial charge in [-0.15, -0.1) is 0 Å². The fraction of sp³-hybridized carbons (Fsp3) is 0.417. The van der Waals surface area contributed by atoms with Gasteiger partial charge in [0.15, 0.2) is 5.78 Å². The molecule has 0 atom stereocenters. The van der Waals surface area contributed by atoms with E-state index < -0.39 is 5.82 Å². The Balaban J connectivity index is 2.53. The predicted molar refractivity (Wildman–Crippen MR) is 61.2 cm³/mol. The zero-order valence-corrected chi connectivity index (χ0v) is 10.1. The van der Waals surface area contributed by atoms with Crippen LogP contribution in [0, 0.1) is 5.82 Å². The molecule has 0 amide bonds. The van der Waals surface area contributed by atoms with E-state index in [1.54, 1.807) is 6.07 Å². The molecule has 0 unspecified atom stereocenters. The Morgan fingerprint density at radius 1 is 1.50 bits per heavy atom. The molecule has 0 aliphatic rings. The van der Waals surface area contributed by atoms with E-state index in [0.29, 0.717) is 5.56 Å². The lowest BCUT2D eigenvalue weighted by Gasteiger charge is -2.06. The second kappa shape index (κ2) is 5.97. The maximum atomic E-state index is 13.1. The van der Waals surface area contributed by atoms with Crippen molar-refractivity contribution in [3.8, 4) is 0 Å². The second-order valence-electron chi connectivity index (χ2n) is 3.82. The zero-order valence-electron chi connectivity index (χ0n) is 9.30. The zero-order chi connectivity index (χ0) is 12.1. The molecule has 4 heteroatoms. The van der Waals surface area contributed by atoms with Crippen LogP contribution < -0.4 is 0 Å². The number of ketones is 1. The van der Waals surface area contributed by atoms with Crippen LogP contribution in [0.5, 0.6) is 0 Å². The van der Waals surface area contributed by atoms with E-state index >= 15 is 0 Å².